The van der Waals surface area contributed by atoms with E-state index in [-0.39, 0.29) is 11.9 Å². The fraction of sp³-hybridized carbons (Fsp3) is 0.594. The second-order valence-electron chi connectivity index (χ2n) is 11.9. The third-order valence-corrected chi connectivity index (χ3v) is 13.5. The van der Waals surface area contributed by atoms with Crippen molar-refractivity contribution in [3.63, 3.8) is 0 Å². The number of unbranched alkanes of at least 4 members (excludes halogenated alkanes) is 3. The quantitative estimate of drug-likeness (QED) is 0.121. The highest BCUT2D eigenvalue weighted by Gasteiger charge is 2.26. The largest absolute Gasteiger partial charge is 0.467 e. The molecule has 0 unspecified atom stereocenters. The van der Waals surface area contributed by atoms with Crippen LogP contribution in [0.1, 0.15) is 69.4 Å². The van der Waals surface area contributed by atoms with Crippen molar-refractivity contribution in [1.82, 2.24) is 19.3 Å². The molecule has 0 atom stereocenters. The third kappa shape index (κ3) is 9.14. The number of nitrogens with zero attached hydrogens (tertiary/aromatic N) is 5. The monoisotopic (exact) mass is 691 g/mol. The number of thiazole rings is 1. The average Bonchev–Trinajstić information content (AvgIpc) is 3.48. The molecule has 0 spiro atoms. The number of aromatic nitrogens is 3. The maximum atomic E-state index is 13.0. The molecule has 11 nitrogen and oxygen atoms in total. The lowest BCUT2D eigenvalue weighted by Gasteiger charge is -2.31. The number of anilines is 1. The first-order valence-electron chi connectivity index (χ1n) is 16.2. The SMILES string of the molecule is CCCc1cnc(N2CCC(Oc3nc4ccc(C5=CCN(S(=O)(=O)CCCCCCP(=O)(OC)OC)CC5)cc4s3)CC2)nc1. The van der Waals surface area contributed by atoms with Gasteiger partial charge in [0.15, 0.2) is 0 Å². The first-order chi connectivity index (χ1) is 22.2. The van der Waals surface area contributed by atoms with Crippen molar-refractivity contribution in [3.05, 3.63) is 47.8 Å². The number of benzene rings is 1. The summed E-state index contributed by atoms with van der Waals surface area (Å²) in [5, 5.41) is 0.687. The number of aryl methyl sites for hydroxylation is 1. The molecule has 3 aromatic rings. The van der Waals surface area contributed by atoms with E-state index in [1.807, 2.05) is 24.5 Å². The smallest absolute Gasteiger partial charge is 0.330 e. The summed E-state index contributed by atoms with van der Waals surface area (Å²) in [6.45, 7) is 4.71. The molecule has 252 valence electrons. The molecule has 0 N–H and O–H groups in total. The van der Waals surface area contributed by atoms with Crippen LogP contribution in [0.5, 0.6) is 5.19 Å². The van der Waals surface area contributed by atoms with Crippen LogP contribution in [0.2, 0.25) is 0 Å². The molecular formula is C32H46N5O6PS2. The van der Waals surface area contributed by atoms with Gasteiger partial charge in [-0.1, -0.05) is 49.7 Å². The highest BCUT2D eigenvalue weighted by Crippen LogP contribution is 2.47. The van der Waals surface area contributed by atoms with Crippen molar-refractivity contribution in [2.75, 3.05) is 57.2 Å². The Kier molecular flexibility index (Phi) is 12.2. The van der Waals surface area contributed by atoms with E-state index in [0.29, 0.717) is 43.7 Å². The van der Waals surface area contributed by atoms with E-state index in [1.165, 1.54) is 19.8 Å². The van der Waals surface area contributed by atoms with Crippen molar-refractivity contribution < 1.29 is 26.8 Å². The second kappa shape index (κ2) is 16.1. The molecule has 0 amide bonds. The highest BCUT2D eigenvalue weighted by molar-refractivity contribution is 7.89. The van der Waals surface area contributed by atoms with Crippen LogP contribution in [-0.2, 0) is 30.1 Å². The van der Waals surface area contributed by atoms with Crippen LogP contribution in [0.15, 0.2) is 36.7 Å². The third-order valence-electron chi connectivity index (χ3n) is 8.67. The molecule has 5 rings (SSSR count). The van der Waals surface area contributed by atoms with Crippen molar-refractivity contribution in [2.24, 2.45) is 0 Å². The minimum Gasteiger partial charge on any atom is -0.467 e. The van der Waals surface area contributed by atoms with Gasteiger partial charge in [0, 0.05) is 65.6 Å². The number of sulfonamides is 1. The fourth-order valence-electron chi connectivity index (χ4n) is 5.89. The lowest BCUT2D eigenvalue weighted by atomic mass is 10.0. The number of rotatable bonds is 16. The van der Waals surface area contributed by atoms with Crippen molar-refractivity contribution in [3.8, 4) is 5.19 Å². The first-order valence-corrected chi connectivity index (χ1v) is 20.4. The van der Waals surface area contributed by atoms with Gasteiger partial charge in [-0.25, -0.2) is 23.4 Å². The standard InChI is InChI=1S/C32H46N5O6PS2/c1-4-9-25-23-33-31(34-24-25)36-16-14-28(15-17-36)43-32-35-29-11-10-27(22-30(29)45-32)26-12-18-37(19-13-26)46(39,40)21-8-6-5-7-20-44(38,41-2)42-3/h10-12,22-24,28H,4-9,13-21H2,1-3H3. The Balaban J connectivity index is 1.08. The Hall–Kier alpha value is -2.41. The van der Waals surface area contributed by atoms with E-state index >= 15 is 0 Å². The van der Waals surface area contributed by atoms with Gasteiger partial charge in [-0.2, -0.15) is 4.31 Å². The molecule has 0 saturated carbocycles. The number of ether oxygens (including phenoxy) is 1. The number of hydrogen-bond acceptors (Lipinski definition) is 11. The molecule has 0 aliphatic carbocycles. The Labute approximate surface area is 277 Å². The summed E-state index contributed by atoms with van der Waals surface area (Å²) in [5.41, 5.74) is 4.34. The summed E-state index contributed by atoms with van der Waals surface area (Å²) in [5.74, 6) is 0.909. The van der Waals surface area contributed by atoms with Gasteiger partial charge >= 0.3 is 7.60 Å². The summed E-state index contributed by atoms with van der Waals surface area (Å²) in [7, 11) is -3.56. The van der Waals surface area contributed by atoms with Crippen LogP contribution in [-0.4, -0.2) is 86.1 Å². The van der Waals surface area contributed by atoms with Gasteiger partial charge in [0.1, 0.15) is 6.10 Å². The minimum atomic E-state index is -3.33. The van der Waals surface area contributed by atoms with Crippen molar-refractivity contribution in [1.29, 1.82) is 0 Å². The van der Waals surface area contributed by atoms with Crippen LogP contribution in [0, 0.1) is 0 Å². The number of piperidine rings is 1. The molecule has 14 heteroatoms. The molecule has 0 bridgehead atoms. The van der Waals surface area contributed by atoms with E-state index in [0.717, 1.165) is 78.9 Å². The van der Waals surface area contributed by atoms with Crippen LogP contribution >= 0.6 is 18.9 Å². The Morgan fingerprint density at radius 3 is 2.43 bits per heavy atom. The summed E-state index contributed by atoms with van der Waals surface area (Å²) < 4.78 is 56.9. The van der Waals surface area contributed by atoms with Crippen molar-refractivity contribution in [2.45, 2.75) is 70.8 Å². The lowest BCUT2D eigenvalue weighted by Crippen LogP contribution is -2.39. The number of hydrogen-bond donors (Lipinski definition) is 0. The number of fused-ring (bicyclic) bond motifs is 1. The maximum Gasteiger partial charge on any atom is 0.330 e. The molecule has 2 aliphatic heterocycles. The summed E-state index contributed by atoms with van der Waals surface area (Å²) >= 11 is 1.56. The zero-order valence-electron chi connectivity index (χ0n) is 27.1. The zero-order chi connectivity index (χ0) is 32.6. The van der Waals surface area contributed by atoms with Gasteiger partial charge in [-0.3, -0.25) is 4.57 Å². The van der Waals surface area contributed by atoms with Gasteiger partial charge in [0.25, 0.3) is 5.19 Å². The van der Waals surface area contributed by atoms with Gasteiger partial charge in [-0.05, 0) is 54.5 Å². The van der Waals surface area contributed by atoms with E-state index in [9.17, 15) is 13.0 Å². The van der Waals surface area contributed by atoms with E-state index in [1.54, 1.807) is 15.6 Å². The lowest BCUT2D eigenvalue weighted by molar-refractivity contribution is 0.170. The van der Waals surface area contributed by atoms with Gasteiger partial charge in [-0.15, -0.1) is 0 Å². The van der Waals surface area contributed by atoms with Gasteiger partial charge in [0.2, 0.25) is 16.0 Å². The van der Waals surface area contributed by atoms with Crippen LogP contribution in [0.3, 0.4) is 0 Å². The average molecular weight is 692 g/mol. The molecule has 2 aromatic heterocycles. The zero-order valence-corrected chi connectivity index (χ0v) is 29.6. The molecule has 4 heterocycles. The summed E-state index contributed by atoms with van der Waals surface area (Å²) in [6, 6.07) is 6.24. The maximum absolute atomic E-state index is 13.0. The summed E-state index contributed by atoms with van der Waals surface area (Å²) in [6.07, 6.45) is 13.7. The molecule has 2 aliphatic rings. The molecule has 1 saturated heterocycles. The Morgan fingerprint density at radius 2 is 1.76 bits per heavy atom. The normalized spacial score (nSPS) is 17.0. The van der Waals surface area contributed by atoms with Crippen LogP contribution in [0.25, 0.3) is 15.8 Å². The Morgan fingerprint density at radius 1 is 1.02 bits per heavy atom. The van der Waals surface area contributed by atoms with Crippen LogP contribution < -0.4 is 9.64 Å². The molecule has 0 radical (unpaired) electrons. The van der Waals surface area contributed by atoms with E-state index < -0.39 is 17.6 Å². The molecule has 46 heavy (non-hydrogen) atoms. The van der Waals surface area contributed by atoms with E-state index in [2.05, 4.69) is 33.9 Å². The molecular weight excluding hydrogens is 645 g/mol. The molecule has 1 aromatic carbocycles. The van der Waals surface area contributed by atoms with Gasteiger partial charge in [0.05, 0.1) is 22.1 Å². The predicted octanol–water partition coefficient (Wildman–Crippen LogP) is 6.55. The fourth-order valence-corrected chi connectivity index (χ4v) is 9.44. The highest BCUT2D eigenvalue weighted by atomic mass is 32.2. The summed E-state index contributed by atoms with van der Waals surface area (Å²) in [4.78, 5) is 16.1. The van der Waals surface area contributed by atoms with Crippen LogP contribution in [0.4, 0.5) is 5.95 Å². The predicted molar refractivity (Wildman–Crippen MR) is 184 cm³/mol. The first kappa shape index (κ1) is 34.9. The second-order valence-corrected chi connectivity index (χ2v) is 17.4. The van der Waals surface area contributed by atoms with Gasteiger partial charge < -0.3 is 18.7 Å². The minimum absolute atomic E-state index is 0.106. The topological polar surface area (TPSA) is 124 Å². The Bertz CT molecular complexity index is 1620. The van der Waals surface area contributed by atoms with Crippen molar-refractivity contribution >= 4 is 50.7 Å². The van der Waals surface area contributed by atoms with E-state index in [4.69, 9.17) is 18.8 Å². The molecule has 1 fully saturated rings.